The van der Waals surface area contributed by atoms with Crippen LogP contribution in [0.1, 0.15) is 31.7 Å². The molecular formula is C15H17FNO4S-. The normalized spacial score (nSPS) is 21.7. The predicted molar refractivity (Wildman–Crippen MR) is 78.5 cm³/mol. The van der Waals surface area contributed by atoms with Crippen LogP contribution in [-0.4, -0.2) is 34.4 Å². The van der Waals surface area contributed by atoms with Gasteiger partial charge in [-0.05, 0) is 26.8 Å². The fourth-order valence-corrected chi connectivity index (χ4v) is 3.57. The van der Waals surface area contributed by atoms with Crippen molar-refractivity contribution >= 4 is 23.8 Å². The Morgan fingerprint density at radius 2 is 2.00 bits per heavy atom. The highest BCUT2D eigenvalue weighted by atomic mass is 32.2. The van der Waals surface area contributed by atoms with Crippen LogP contribution in [0.15, 0.2) is 24.3 Å². The molecule has 2 rings (SSSR count). The van der Waals surface area contributed by atoms with Gasteiger partial charge in [-0.15, -0.1) is 11.8 Å². The van der Waals surface area contributed by atoms with Gasteiger partial charge in [-0.3, -0.25) is 4.90 Å². The van der Waals surface area contributed by atoms with Crippen molar-refractivity contribution in [3.63, 3.8) is 0 Å². The van der Waals surface area contributed by atoms with Crippen LogP contribution in [-0.2, 0) is 9.53 Å². The minimum atomic E-state index is -1.38. The summed E-state index contributed by atoms with van der Waals surface area (Å²) in [5.41, 5.74) is -0.525. The topological polar surface area (TPSA) is 69.7 Å². The minimum Gasteiger partial charge on any atom is -0.548 e. The summed E-state index contributed by atoms with van der Waals surface area (Å²) in [5.74, 6) is -1.75. The maximum absolute atomic E-state index is 14.0. The summed E-state index contributed by atoms with van der Waals surface area (Å²) in [5, 5.41) is 10.5. The van der Waals surface area contributed by atoms with Gasteiger partial charge < -0.3 is 14.6 Å². The number of carbonyl (C=O) groups is 2. The summed E-state index contributed by atoms with van der Waals surface area (Å²) < 4.78 is 19.2. The maximum atomic E-state index is 14.0. The second kappa shape index (κ2) is 6.16. The average Bonchev–Trinajstić information content (AvgIpc) is 2.82. The van der Waals surface area contributed by atoms with Crippen molar-refractivity contribution in [2.45, 2.75) is 37.8 Å². The van der Waals surface area contributed by atoms with E-state index in [2.05, 4.69) is 0 Å². The number of amides is 1. The molecule has 0 aliphatic carbocycles. The zero-order chi connectivity index (χ0) is 16.5. The van der Waals surface area contributed by atoms with E-state index >= 15 is 0 Å². The summed E-state index contributed by atoms with van der Waals surface area (Å²) in [7, 11) is 0. The molecule has 1 amide bonds. The van der Waals surface area contributed by atoms with Gasteiger partial charge in [0.2, 0.25) is 0 Å². The number of nitrogens with zero attached hydrogens (tertiary/aromatic N) is 1. The minimum absolute atomic E-state index is 0.126. The number of aliphatic carboxylic acids is 1. The molecule has 1 saturated heterocycles. The molecule has 0 bridgehead atoms. The van der Waals surface area contributed by atoms with E-state index in [9.17, 15) is 19.1 Å². The first kappa shape index (κ1) is 16.6. The van der Waals surface area contributed by atoms with Gasteiger partial charge in [-0.2, -0.15) is 0 Å². The third-order valence-corrected chi connectivity index (χ3v) is 4.35. The molecule has 1 heterocycles. The van der Waals surface area contributed by atoms with Gasteiger partial charge in [-0.1, -0.05) is 18.2 Å². The molecular weight excluding hydrogens is 309 g/mol. The van der Waals surface area contributed by atoms with E-state index in [0.717, 1.165) is 4.90 Å². The number of carboxylic acids is 1. The number of rotatable bonds is 2. The number of thioether (sulfide) groups is 1. The zero-order valence-corrected chi connectivity index (χ0v) is 13.4. The molecule has 0 radical (unpaired) electrons. The summed E-state index contributed by atoms with van der Waals surface area (Å²) in [4.78, 5) is 24.7. The monoisotopic (exact) mass is 326 g/mol. The van der Waals surface area contributed by atoms with Crippen molar-refractivity contribution in [3.05, 3.63) is 35.6 Å². The quantitative estimate of drug-likeness (QED) is 0.830. The van der Waals surface area contributed by atoms with Crippen LogP contribution in [0, 0.1) is 5.82 Å². The summed E-state index contributed by atoms with van der Waals surface area (Å²) in [6.07, 6.45) is -0.792. The fraction of sp³-hybridized carbons (Fsp3) is 0.467. The van der Waals surface area contributed by atoms with Crippen LogP contribution < -0.4 is 5.11 Å². The number of benzene rings is 1. The highest BCUT2D eigenvalue weighted by Gasteiger charge is 2.42. The third-order valence-electron chi connectivity index (χ3n) is 3.05. The van der Waals surface area contributed by atoms with E-state index < -0.39 is 34.9 Å². The van der Waals surface area contributed by atoms with Gasteiger partial charge in [0, 0.05) is 11.3 Å². The Morgan fingerprint density at radius 3 is 2.55 bits per heavy atom. The average molecular weight is 326 g/mol. The highest BCUT2D eigenvalue weighted by Crippen LogP contribution is 2.42. The lowest BCUT2D eigenvalue weighted by atomic mass is 10.1. The van der Waals surface area contributed by atoms with E-state index in [1.54, 1.807) is 26.8 Å². The Morgan fingerprint density at radius 1 is 1.36 bits per heavy atom. The summed E-state index contributed by atoms with van der Waals surface area (Å²) in [6.45, 7) is 5.04. The SMILES string of the molecule is CC(C)(C)OC(=O)N1[C@@H](C(=O)[O-])CS[C@@H]1c1ccccc1F. The highest BCUT2D eigenvalue weighted by molar-refractivity contribution is 7.99. The molecule has 7 heteroatoms. The molecule has 1 aromatic carbocycles. The van der Waals surface area contributed by atoms with Crippen molar-refractivity contribution in [2.24, 2.45) is 0 Å². The Hall–Kier alpha value is -1.76. The number of halogens is 1. The maximum Gasteiger partial charge on any atom is 0.412 e. The first-order valence-corrected chi connectivity index (χ1v) is 7.84. The number of hydrogen-bond acceptors (Lipinski definition) is 5. The zero-order valence-electron chi connectivity index (χ0n) is 12.5. The molecule has 0 spiro atoms. The first-order chi connectivity index (χ1) is 10.2. The van der Waals surface area contributed by atoms with Crippen LogP contribution in [0.5, 0.6) is 0 Å². The lowest BCUT2D eigenvalue weighted by Gasteiger charge is -2.32. The number of carboxylic acid groups (broad SMARTS) is 1. The lowest BCUT2D eigenvalue weighted by Crippen LogP contribution is -2.50. The molecule has 120 valence electrons. The molecule has 1 aromatic rings. The molecule has 1 aliphatic heterocycles. The molecule has 5 nitrogen and oxygen atoms in total. The Labute approximate surface area is 132 Å². The van der Waals surface area contributed by atoms with Crippen molar-refractivity contribution in [2.75, 3.05) is 5.75 Å². The molecule has 2 atom stereocenters. The van der Waals surface area contributed by atoms with Crippen LogP contribution in [0.4, 0.5) is 9.18 Å². The Bertz CT molecular complexity index is 587. The van der Waals surface area contributed by atoms with Crippen LogP contribution in [0.3, 0.4) is 0 Å². The van der Waals surface area contributed by atoms with Crippen molar-refractivity contribution in [3.8, 4) is 0 Å². The number of carbonyl (C=O) groups excluding carboxylic acids is 2. The predicted octanol–water partition coefficient (Wildman–Crippen LogP) is 1.93. The van der Waals surface area contributed by atoms with E-state index in [1.165, 1.54) is 30.0 Å². The molecule has 0 N–H and O–H groups in total. The second-order valence-electron chi connectivity index (χ2n) is 5.93. The van der Waals surface area contributed by atoms with Gasteiger partial charge in [0.1, 0.15) is 16.8 Å². The van der Waals surface area contributed by atoms with E-state index in [-0.39, 0.29) is 11.3 Å². The summed E-state index contributed by atoms with van der Waals surface area (Å²) >= 11 is 1.17. The van der Waals surface area contributed by atoms with Crippen molar-refractivity contribution in [1.29, 1.82) is 0 Å². The third kappa shape index (κ3) is 3.52. The molecule has 1 fully saturated rings. The number of hydrogen-bond donors (Lipinski definition) is 0. The lowest BCUT2D eigenvalue weighted by molar-refractivity contribution is -0.310. The number of ether oxygens (including phenoxy) is 1. The largest absolute Gasteiger partial charge is 0.548 e. The van der Waals surface area contributed by atoms with Crippen molar-refractivity contribution < 1.29 is 23.8 Å². The van der Waals surface area contributed by atoms with E-state index in [1.807, 2.05) is 0 Å². The molecule has 22 heavy (non-hydrogen) atoms. The van der Waals surface area contributed by atoms with Crippen LogP contribution in [0.2, 0.25) is 0 Å². The van der Waals surface area contributed by atoms with Gasteiger partial charge in [-0.25, -0.2) is 9.18 Å². The van der Waals surface area contributed by atoms with Crippen molar-refractivity contribution in [1.82, 2.24) is 4.90 Å². The van der Waals surface area contributed by atoms with E-state index in [4.69, 9.17) is 4.74 Å². The van der Waals surface area contributed by atoms with Gasteiger partial charge >= 0.3 is 6.09 Å². The Kier molecular flexibility index (Phi) is 4.65. The molecule has 1 aliphatic rings. The van der Waals surface area contributed by atoms with E-state index in [0.29, 0.717) is 0 Å². The van der Waals surface area contributed by atoms with Crippen LogP contribution >= 0.6 is 11.8 Å². The molecule has 0 saturated carbocycles. The van der Waals surface area contributed by atoms with Gasteiger partial charge in [0.25, 0.3) is 0 Å². The standard InChI is InChI=1S/C15H18FNO4S/c1-15(2,3)21-14(20)17-11(13(18)19)8-22-12(17)9-6-4-5-7-10(9)16/h4-7,11-12H,8H2,1-3H3,(H,18,19)/p-1/t11-,12-/m1/s1. The first-order valence-electron chi connectivity index (χ1n) is 6.79. The van der Waals surface area contributed by atoms with Gasteiger partial charge in [0.05, 0.1) is 12.0 Å². The van der Waals surface area contributed by atoms with Crippen LogP contribution in [0.25, 0.3) is 0 Å². The van der Waals surface area contributed by atoms with Gasteiger partial charge in [0.15, 0.2) is 0 Å². The fourth-order valence-electron chi connectivity index (χ4n) is 2.14. The Balaban J connectivity index is 2.35. The summed E-state index contributed by atoms with van der Waals surface area (Å²) in [6, 6.07) is 4.83. The molecule has 0 unspecified atom stereocenters. The molecule has 0 aromatic heterocycles. The smallest absolute Gasteiger partial charge is 0.412 e. The second-order valence-corrected chi connectivity index (χ2v) is 7.04.